The van der Waals surface area contributed by atoms with Crippen LogP contribution in [0.4, 0.5) is 28.4 Å². The lowest BCUT2D eigenvalue weighted by Gasteiger charge is -2.43. The smallest absolute Gasteiger partial charge is 0.333 e. The number of hydrogen-bond acceptors (Lipinski definition) is 3. The molecule has 366 valence electrons. The van der Waals surface area contributed by atoms with Gasteiger partial charge in [0.05, 0.1) is 16.4 Å². The van der Waals surface area contributed by atoms with Crippen LogP contribution in [0.15, 0.2) is 156 Å². The fourth-order valence-corrected chi connectivity index (χ4v) is 11.9. The summed E-state index contributed by atoms with van der Waals surface area (Å²) in [6.07, 6.45) is 0. The first-order valence-electron chi connectivity index (χ1n) is 26.5. The van der Waals surface area contributed by atoms with E-state index in [1.165, 1.54) is 88.4 Å². The Bertz CT molecular complexity index is 3790. The lowest BCUT2D eigenvalue weighted by atomic mass is 9.43. The van der Waals surface area contributed by atoms with E-state index in [1.54, 1.807) is 0 Å². The highest BCUT2D eigenvalue weighted by Gasteiger charge is 2.46. The van der Waals surface area contributed by atoms with Crippen molar-refractivity contribution < 1.29 is 4.42 Å². The Morgan fingerprint density at radius 1 is 0.438 bits per heavy atom. The number of anilines is 5. The molecule has 0 radical (unpaired) electrons. The largest absolute Gasteiger partial charge is 0.455 e. The minimum atomic E-state index is -0.180. The zero-order valence-corrected chi connectivity index (χ0v) is 45.8. The van der Waals surface area contributed by atoms with Gasteiger partial charge in [0.25, 0.3) is 0 Å². The number of aromatic nitrogens is 1. The van der Waals surface area contributed by atoms with Gasteiger partial charge in [0.15, 0.2) is 0 Å². The maximum atomic E-state index is 7.27. The van der Waals surface area contributed by atoms with Gasteiger partial charge in [-0.3, -0.25) is 0 Å². The summed E-state index contributed by atoms with van der Waals surface area (Å²) in [5.74, 6) is 0. The number of hydrogen-bond donors (Lipinski definition) is 0. The molecular formula is C68H70BN3O. The van der Waals surface area contributed by atoms with E-state index in [0.29, 0.717) is 0 Å². The molecule has 4 nitrogen and oxygen atoms in total. The van der Waals surface area contributed by atoms with Crippen LogP contribution >= 0.6 is 0 Å². The summed E-state index contributed by atoms with van der Waals surface area (Å²) in [4.78, 5) is 5.15. The van der Waals surface area contributed by atoms with Gasteiger partial charge >= 0.3 is 6.85 Å². The quantitative estimate of drug-likeness (QED) is 0.164. The summed E-state index contributed by atoms with van der Waals surface area (Å²) >= 11 is 0. The van der Waals surface area contributed by atoms with Gasteiger partial charge in [-0.25, -0.2) is 0 Å². The van der Waals surface area contributed by atoms with Crippen LogP contribution in [-0.4, -0.2) is 11.4 Å². The molecule has 0 aliphatic carbocycles. The van der Waals surface area contributed by atoms with E-state index in [-0.39, 0.29) is 33.9 Å². The van der Waals surface area contributed by atoms with Crippen LogP contribution in [0.3, 0.4) is 0 Å². The van der Waals surface area contributed by atoms with Gasteiger partial charge in [-0.1, -0.05) is 183 Å². The van der Waals surface area contributed by atoms with Gasteiger partial charge in [0, 0.05) is 55.8 Å². The molecule has 0 spiro atoms. The Labute approximate surface area is 433 Å². The van der Waals surface area contributed by atoms with Crippen LogP contribution in [0.5, 0.6) is 0 Å². The zero-order chi connectivity index (χ0) is 51.5. The van der Waals surface area contributed by atoms with Gasteiger partial charge in [0.2, 0.25) is 0 Å². The Morgan fingerprint density at radius 3 is 1.52 bits per heavy atom. The summed E-state index contributed by atoms with van der Waals surface area (Å²) in [5.41, 5.74) is 22.7. The van der Waals surface area contributed by atoms with E-state index in [1.807, 2.05) is 0 Å². The molecule has 0 fully saturated rings. The molecule has 0 saturated carbocycles. The molecule has 4 heterocycles. The summed E-state index contributed by atoms with van der Waals surface area (Å²) in [6.45, 7) is 34.5. The third-order valence-electron chi connectivity index (χ3n) is 16.2. The topological polar surface area (TPSA) is 24.6 Å². The van der Waals surface area contributed by atoms with Crippen molar-refractivity contribution in [2.45, 2.75) is 131 Å². The molecule has 0 unspecified atom stereocenters. The molecule has 0 saturated heterocycles. The molecule has 2 aliphatic heterocycles. The van der Waals surface area contributed by atoms with Crippen molar-refractivity contribution in [3.8, 4) is 16.8 Å². The van der Waals surface area contributed by atoms with Crippen molar-refractivity contribution >= 4 is 90.0 Å². The molecule has 73 heavy (non-hydrogen) atoms. The Kier molecular flexibility index (Phi) is 10.2. The van der Waals surface area contributed by atoms with E-state index >= 15 is 0 Å². The summed E-state index contributed by atoms with van der Waals surface area (Å²) in [5, 5.41) is 4.74. The molecule has 0 amide bonds. The molecule has 0 N–H and O–H groups in total. The van der Waals surface area contributed by atoms with Crippen molar-refractivity contribution in [1.82, 2.24) is 4.57 Å². The van der Waals surface area contributed by atoms with Gasteiger partial charge in [-0.2, -0.15) is 0 Å². The highest BCUT2D eigenvalue weighted by molar-refractivity contribution is 6.94. The monoisotopic (exact) mass is 956 g/mol. The first-order chi connectivity index (χ1) is 34.4. The predicted octanol–water partition coefficient (Wildman–Crippen LogP) is 17.9. The van der Waals surface area contributed by atoms with Crippen molar-refractivity contribution in [3.05, 3.63) is 179 Å². The fourth-order valence-electron chi connectivity index (χ4n) is 11.9. The van der Waals surface area contributed by atoms with Crippen LogP contribution in [0.1, 0.15) is 132 Å². The normalized spacial score (nSPS) is 13.9. The third kappa shape index (κ3) is 7.38. The lowest BCUT2D eigenvalue weighted by Crippen LogP contribution is -2.60. The van der Waals surface area contributed by atoms with Crippen molar-refractivity contribution in [2.24, 2.45) is 0 Å². The summed E-state index contributed by atoms with van der Waals surface area (Å²) in [7, 11) is 0. The molecule has 12 rings (SSSR count). The highest BCUT2D eigenvalue weighted by atomic mass is 16.3. The minimum absolute atomic E-state index is 0.00428. The molecule has 2 aromatic heterocycles. The first kappa shape index (κ1) is 47.1. The molecule has 2 aliphatic rings. The van der Waals surface area contributed by atoms with Crippen LogP contribution in [0, 0.1) is 0 Å². The van der Waals surface area contributed by atoms with Gasteiger partial charge in [0.1, 0.15) is 11.2 Å². The number of rotatable bonds is 4. The van der Waals surface area contributed by atoms with Crippen LogP contribution < -0.4 is 20.6 Å². The molecule has 5 heteroatoms. The number of furan rings is 1. The average Bonchev–Trinajstić information content (AvgIpc) is 3.89. The average molecular weight is 956 g/mol. The molecule has 8 aromatic carbocycles. The van der Waals surface area contributed by atoms with E-state index in [9.17, 15) is 0 Å². The SMILES string of the molecule is CC(C)(C)c1ccc(N2B3c4cc(C(C)(C)C)ccc4-n4c5ccc(C(C)(C)C)cc5c5c6oc7ccccc7c6c(c3c54)-c3ccc(N(c4ccc(C(C)(C)C)cc4)c4ccc(C(C)(C)C)cc4)cc32)cc1. The second-order valence-electron chi connectivity index (χ2n) is 26.4. The van der Waals surface area contributed by atoms with Crippen molar-refractivity contribution in [2.75, 3.05) is 9.71 Å². The minimum Gasteiger partial charge on any atom is -0.455 e. The number of fused-ring (bicyclic) bond motifs is 13. The predicted molar refractivity (Wildman–Crippen MR) is 315 cm³/mol. The maximum Gasteiger partial charge on any atom is 0.333 e. The summed E-state index contributed by atoms with van der Waals surface area (Å²) in [6, 6.07) is 58.4. The van der Waals surface area contributed by atoms with E-state index < -0.39 is 0 Å². The van der Waals surface area contributed by atoms with E-state index in [2.05, 4.69) is 270 Å². The lowest BCUT2D eigenvalue weighted by molar-refractivity contribution is 0.590. The maximum absolute atomic E-state index is 7.27. The third-order valence-corrected chi connectivity index (χ3v) is 16.2. The van der Waals surface area contributed by atoms with Crippen LogP contribution in [0.25, 0.3) is 60.6 Å². The van der Waals surface area contributed by atoms with Crippen LogP contribution in [0.2, 0.25) is 0 Å². The van der Waals surface area contributed by atoms with E-state index in [4.69, 9.17) is 4.42 Å². The molecule has 0 bridgehead atoms. The Morgan fingerprint density at radius 2 is 0.945 bits per heavy atom. The molecule has 0 atom stereocenters. The zero-order valence-electron chi connectivity index (χ0n) is 45.8. The van der Waals surface area contributed by atoms with E-state index in [0.717, 1.165) is 39.3 Å². The number of para-hydroxylation sites is 1. The van der Waals surface area contributed by atoms with Gasteiger partial charge < -0.3 is 18.7 Å². The van der Waals surface area contributed by atoms with Crippen LogP contribution in [-0.2, 0) is 27.1 Å². The summed E-state index contributed by atoms with van der Waals surface area (Å²) < 4.78 is 9.86. The van der Waals surface area contributed by atoms with Crippen molar-refractivity contribution in [3.63, 3.8) is 0 Å². The fraction of sp³-hybridized carbons (Fsp3) is 0.294. The number of benzene rings is 8. The second kappa shape index (κ2) is 15.8. The van der Waals surface area contributed by atoms with Gasteiger partial charge in [-0.15, -0.1) is 0 Å². The first-order valence-corrected chi connectivity index (χ1v) is 26.5. The highest BCUT2D eigenvalue weighted by Crippen LogP contribution is 2.53. The standard InChI is InChI=1S/C68H70BN3O/c1-64(2,3)41-20-28-46(29-21-41)70(47-30-22-42(23-31-47)65(4,5)6)49-34-35-50-56(40-49)72(48-32-24-43(25-33-48)66(7,8)9)69-53-39-45(68(13,14)15)27-37-55(53)71-54-36-26-44(67(10,11)12)38-52(54)60-62(71)61(69)58(50)59-51-18-16-17-19-57(51)73-63(59)60/h16-40H,1-15H3. The molecule has 10 aromatic rings. The van der Waals surface area contributed by atoms with Crippen molar-refractivity contribution in [1.29, 1.82) is 0 Å². The second-order valence-corrected chi connectivity index (χ2v) is 26.4. The molecular weight excluding hydrogens is 886 g/mol. The van der Waals surface area contributed by atoms with Gasteiger partial charge in [-0.05, 0) is 144 Å². The number of nitrogens with zero attached hydrogens (tertiary/aromatic N) is 3. The Balaban J connectivity index is 1.24. The Hall–Kier alpha value is -6.98.